The van der Waals surface area contributed by atoms with Crippen LogP contribution in [0.2, 0.25) is 5.02 Å². The summed E-state index contributed by atoms with van der Waals surface area (Å²) < 4.78 is 7.32. The van der Waals surface area contributed by atoms with Crippen LogP contribution in [-0.4, -0.2) is 49.8 Å². The molecule has 1 N–H and O–H groups in total. The highest BCUT2D eigenvalue weighted by Crippen LogP contribution is 2.43. The summed E-state index contributed by atoms with van der Waals surface area (Å²) in [7, 11) is 7.68. The Balaban J connectivity index is 0.00000288. The summed E-state index contributed by atoms with van der Waals surface area (Å²) >= 11 is 6.06. The summed E-state index contributed by atoms with van der Waals surface area (Å²) in [5, 5.41) is 4.32. The molecule has 0 bridgehead atoms. The van der Waals surface area contributed by atoms with Crippen molar-refractivity contribution in [2.24, 2.45) is 17.5 Å². The molecule has 1 aliphatic rings. The predicted molar refractivity (Wildman–Crippen MR) is 111 cm³/mol. The third-order valence-corrected chi connectivity index (χ3v) is 5.13. The Morgan fingerprint density at radius 3 is 2.67 bits per heavy atom. The van der Waals surface area contributed by atoms with Gasteiger partial charge in [-0.2, -0.15) is 0 Å². The fourth-order valence-corrected chi connectivity index (χ4v) is 3.48. The van der Waals surface area contributed by atoms with Crippen LogP contribution in [0.5, 0.6) is 0 Å². The van der Waals surface area contributed by atoms with Crippen LogP contribution in [0.15, 0.2) is 17.3 Å². The zero-order chi connectivity index (χ0) is 16.9. The van der Waals surface area contributed by atoms with E-state index in [0.29, 0.717) is 5.41 Å². The van der Waals surface area contributed by atoms with E-state index < -0.39 is 0 Å². The molecule has 0 aliphatic heterocycles. The van der Waals surface area contributed by atoms with Crippen LogP contribution in [0.25, 0.3) is 0 Å². The van der Waals surface area contributed by atoms with Crippen molar-refractivity contribution in [3.05, 3.63) is 23.0 Å². The number of aryl methyl sites for hydroxylation is 1. The molecule has 138 valence electrons. The number of methoxy groups -OCH3 is 1. The monoisotopic (exact) mass is 468 g/mol. The summed E-state index contributed by atoms with van der Waals surface area (Å²) in [6.45, 7) is 2.56. The highest BCUT2D eigenvalue weighted by atomic mass is 127. The SMILES string of the molecule is CN=C(NCC1(CCOC)CCC1)N(C)Cc1cc(Cl)cn1C.I. The quantitative estimate of drug-likeness (QED) is 0.378. The Bertz CT molecular complexity index is 543. The Kier molecular flexibility index (Phi) is 8.87. The minimum atomic E-state index is 0. The maximum absolute atomic E-state index is 6.06. The number of ether oxygens (including phenoxy) is 1. The zero-order valence-electron chi connectivity index (χ0n) is 15.1. The van der Waals surface area contributed by atoms with Crippen LogP contribution >= 0.6 is 35.6 Å². The van der Waals surface area contributed by atoms with Gasteiger partial charge < -0.3 is 19.5 Å². The van der Waals surface area contributed by atoms with Crippen LogP contribution in [-0.2, 0) is 18.3 Å². The van der Waals surface area contributed by atoms with E-state index in [4.69, 9.17) is 16.3 Å². The molecule has 1 fully saturated rings. The van der Waals surface area contributed by atoms with Gasteiger partial charge in [0.2, 0.25) is 0 Å². The van der Waals surface area contributed by atoms with Crippen molar-refractivity contribution < 1.29 is 4.74 Å². The Morgan fingerprint density at radius 2 is 2.21 bits per heavy atom. The number of aliphatic imine (C=N–C) groups is 1. The first kappa shape index (κ1) is 21.6. The lowest BCUT2D eigenvalue weighted by Gasteiger charge is -2.42. The average molecular weight is 469 g/mol. The second kappa shape index (κ2) is 9.87. The fourth-order valence-electron chi connectivity index (χ4n) is 3.20. The van der Waals surface area contributed by atoms with Crippen molar-refractivity contribution in [3.8, 4) is 0 Å². The van der Waals surface area contributed by atoms with Gasteiger partial charge in [-0.3, -0.25) is 4.99 Å². The van der Waals surface area contributed by atoms with Crippen molar-refractivity contribution in [3.63, 3.8) is 0 Å². The number of guanidine groups is 1. The van der Waals surface area contributed by atoms with Crippen molar-refractivity contribution >= 4 is 41.5 Å². The molecule has 0 saturated heterocycles. The van der Waals surface area contributed by atoms with Crippen LogP contribution in [0, 0.1) is 5.41 Å². The number of nitrogens with zero attached hydrogens (tertiary/aromatic N) is 3. The first-order valence-corrected chi connectivity index (χ1v) is 8.59. The maximum Gasteiger partial charge on any atom is 0.193 e. The molecule has 0 unspecified atom stereocenters. The van der Waals surface area contributed by atoms with Crippen LogP contribution in [0.4, 0.5) is 0 Å². The second-order valence-corrected chi connectivity index (χ2v) is 7.05. The lowest BCUT2D eigenvalue weighted by atomic mass is 9.67. The third kappa shape index (κ3) is 5.52. The number of hydrogen-bond acceptors (Lipinski definition) is 2. The summed E-state index contributed by atoms with van der Waals surface area (Å²) in [6, 6.07) is 2.00. The van der Waals surface area contributed by atoms with E-state index >= 15 is 0 Å². The molecule has 0 atom stereocenters. The van der Waals surface area contributed by atoms with Gasteiger partial charge in [-0.25, -0.2) is 0 Å². The van der Waals surface area contributed by atoms with Gasteiger partial charge in [-0.1, -0.05) is 18.0 Å². The molecule has 0 aromatic carbocycles. The fraction of sp³-hybridized carbons (Fsp3) is 0.706. The van der Waals surface area contributed by atoms with Gasteiger partial charge in [-0.15, -0.1) is 24.0 Å². The van der Waals surface area contributed by atoms with Crippen molar-refractivity contribution in [2.45, 2.75) is 32.2 Å². The molecule has 2 rings (SSSR count). The summed E-state index contributed by atoms with van der Waals surface area (Å²) in [5.74, 6) is 0.922. The molecule has 1 aliphatic carbocycles. The number of halogens is 2. The topological polar surface area (TPSA) is 41.8 Å². The molecule has 7 heteroatoms. The molecule has 1 heterocycles. The number of aromatic nitrogens is 1. The minimum absolute atomic E-state index is 0. The Hall–Kier alpha value is -0.470. The van der Waals surface area contributed by atoms with E-state index in [2.05, 4.69) is 26.8 Å². The van der Waals surface area contributed by atoms with Gasteiger partial charge >= 0.3 is 0 Å². The van der Waals surface area contributed by atoms with Crippen molar-refractivity contribution in [1.29, 1.82) is 0 Å². The maximum atomic E-state index is 6.06. The molecule has 0 radical (unpaired) electrons. The van der Waals surface area contributed by atoms with Gasteiger partial charge in [-0.05, 0) is 30.7 Å². The lowest BCUT2D eigenvalue weighted by molar-refractivity contribution is 0.0727. The summed E-state index contributed by atoms with van der Waals surface area (Å²) in [6.07, 6.45) is 6.91. The standard InChI is InChI=1S/C17H29ClN4O.HI/c1-19-16(20-13-17(6-5-7-17)8-9-23-4)22(3)12-15-10-14(18)11-21(15)2;/h10-11H,5-9,12-13H2,1-4H3,(H,19,20);1H. The van der Waals surface area contributed by atoms with E-state index in [9.17, 15) is 0 Å². The predicted octanol–water partition coefficient (Wildman–Crippen LogP) is 3.51. The van der Waals surface area contributed by atoms with Gasteiger partial charge in [0.25, 0.3) is 0 Å². The average Bonchev–Trinajstić information content (AvgIpc) is 2.79. The molecular weight excluding hydrogens is 439 g/mol. The summed E-state index contributed by atoms with van der Waals surface area (Å²) in [5.41, 5.74) is 1.54. The first-order chi connectivity index (χ1) is 11.0. The molecule has 1 aromatic rings. The van der Waals surface area contributed by atoms with Gasteiger partial charge in [0.05, 0.1) is 11.6 Å². The zero-order valence-corrected chi connectivity index (χ0v) is 18.2. The van der Waals surface area contributed by atoms with Crippen LogP contribution in [0.3, 0.4) is 0 Å². The van der Waals surface area contributed by atoms with E-state index in [0.717, 1.165) is 42.8 Å². The number of hydrogen-bond donors (Lipinski definition) is 1. The van der Waals surface area contributed by atoms with E-state index in [1.165, 1.54) is 19.3 Å². The van der Waals surface area contributed by atoms with Gasteiger partial charge in [0, 0.05) is 53.3 Å². The van der Waals surface area contributed by atoms with Crippen molar-refractivity contribution in [2.75, 3.05) is 34.4 Å². The van der Waals surface area contributed by atoms with E-state index in [1.807, 2.05) is 26.4 Å². The number of rotatable bonds is 7. The number of nitrogens with one attached hydrogen (secondary N) is 1. The first-order valence-electron chi connectivity index (χ1n) is 8.21. The second-order valence-electron chi connectivity index (χ2n) is 6.61. The highest BCUT2D eigenvalue weighted by molar-refractivity contribution is 14.0. The summed E-state index contributed by atoms with van der Waals surface area (Å²) in [4.78, 5) is 6.55. The smallest absolute Gasteiger partial charge is 0.193 e. The van der Waals surface area contributed by atoms with E-state index in [1.54, 1.807) is 7.11 Å². The third-order valence-electron chi connectivity index (χ3n) is 4.92. The minimum Gasteiger partial charge on any atom is -0.385 e. The van der Waals surface area contributed by atoms with Gasteiger partial charge in [0.1, 0.15) is 0 Å². The molecule has 5 nitrogen and oxygen atoms in total. The lowest BCUT2D eigenvalue weighted by Crippen LogP contribution is -2.47. The molecule has 0 amide bonds. The molecule has 0 spiro atoms. The highest BCUT2D eigenvalue weighted by Gasteiger charge is 2.36. The van der Waals surface area contributed by atoms with Gasteiger partial charge in [0.15, 0.2) is 5.96 Å². The molecule has 1 saturated carbocycles. The Labute approximate surface area is 167 Å². The molecular formula is C17H30ClIN4O. The van der Waals surface area contributed by atoms with Crippen LogP contribution < -0.4 is 5.32 Å². The van der Waals surface area contributed by atoms with Crippen LogP contribution in [0.1, 0.15) is 31.4 Å². The Morgan fingerprint density at radius 1 is 1.50 bits per heavy atom. The van der Waals surface area contributed by atoms with E-state index in [-0.39, 0.29) is 24.0 Å². The largest absolute Gasteiger partial charge is 0.385 e. The molecule has 1 aromatic heterocycles. The normalized spacial score (nSPS) is 16.3. The molecule has 24 heavy (non-hydrogen) atoms. The van der Waals surface area contributed by atoms with Crippen molar-refractivity contribution in [1.82, 2.24) is 14.8 Å².